The smallest absolute Gasteiger partial charge is 0.303 e. The summed E-state index contributed by atoms with van der Waals surface area (Å²) in [6.07, 6.45) is 6.88. The highest BCUT2D eigenvalue weighted by Gasteiger charge is 2.27. The third-order valence-corrected chi connectivity index (χ3v) is 5.27. The summed E-state index contributed by atoms with van der Waals surface area (Å²) in [5.41, 5.74) is 1.86. The first-order valence-corrected chi connectivity index (χ1v) is 10.4. The molecule has 0 saturated carbocycles. The van der Waals surface area contributed by atoms with Crippen molar-refractivity contribution in [3.63, 3.8) is 0 Å². The lowest BCUT2D eigenvalue weighted by Gasteiger charge is -2.35. The summed E-state index contributed by atoms with van der Waals surface area (Å²) in [5.74, 6) is 0.324. The summed E-state index contributed by atoms with van der Waals surface area (Å²) in [7, 11) is 0. The molecule has 166 valence electrons. The monoisotopic (exact) mass is 438 g/mol. The van der Waals surface area contributed by atoms with Crippen LogP contribution in [0.5, 0.6) is 5.75 Å². The molecule has 4 heterocycles. The van der Waals surface area contributed by atoms with Gasteiger partial charge in [-0.3, -0.25) is 4.79 Å². The largest absolute Gasteiger partial charge is 0.493 e. The Balaban J connectivity index is 1.48. The van der Waals surface area contributed by atoms with Crippen LogP contribution in [-0.2, 0) is 11.2 Å². The number of carboxylic acid groups (broad SMARTS) is 1. The highest BCUT2D eigenvalue weighted by atomic mass is 19.1. The Morgan fingerprint density at radius 2 is 2.00 bits per heavy atom. The minimum absolute atomic E-state index is 0.0875. The molecule has 1 N–H and O–H groups in total. The Morgan fingerprint density at radius 1 is 1.19 bits per heavy atom. The molecule has 0 radical (unpaired) electrons. The normalized spacial score (nSPS) is 15.3. The third kappa shape index (κ3) is 4.96. The standard InChI is InChI=1S/C22H23FN6O3/c1-14-16-13-26-22(21-24-7-4-8-25-21)27-17(16)6-9-29(14)19-12-15(11-18(23)28-19)32-10-3-2-5-20(30)31/h4,7-8,11-14H,2-3,5-6,9-10H2,1H3,(H,30,31). The summed E-state index contributed by atoms with van der Waals surface area (Å²) in [4.78, 5) is 34.1. The highest BCUT2D eigenvalue weighted by molar-refractivity contribution is 5.66. The Hall–Kier alpha value is -3.69. The number of aliphatic carboxylic acids is 1. The summed E-state index contributed by atoms with van der Waals surface area (Å²) in [6.45, 7) is 2.92. The molecule has 4 rings (SSSR count). The maximum atomic E-state index is 14.2. The molecule has 0 spiro atoms. The molecule has 1 aliphatic rings. The molecule has 1 aliphatic heterocycles. The number of halogens is 1. The van der Waals surface area contributed by atoms with Crippen LogP contribution in [0.1, 0.15) is 43.5 Å². The number of carboxylic acids is 1. The fraction of sp³-hybridized carbons (Fsp3) is 0.364. The van der Waals surface area contributed by atoms with Gasteiger partial charge in [-0.1, -0.05) is 0 Å². The second-order valence-corrected chi connectivity index (χ2v) is 7.47. The number of hydrogen-bond acceptors (Lipinski definition) is 8. The van der Waals surface area contributed by atoms with E-state index in [4.69, 9.17) is 9.84 Å². The van der Waals surface area contributed by atoms with Crippen molar-refractivity contribution in [2.24, 2.45) is 0 Å². The predicted octanol–water partition coefficient (Wildman–Crippen LogP) is 3.23. The second kappa shape index (κ2) is 9.63. The van der Waals surface area contributed by atoms with Crippen LogP contribution in [0.25, 0.3) is 11.6 Å². The molecule has 0 saturated heterocycles. The molecular weight excluding hydrogens is 415 g/mol. The zero-order chi connectivity index (χ0) is 22.5. The molecule has 1 atom stereocenters. The lowest BCUT2D eigenvalue weighted by Crippen LogP contribution is -2.35. The van der Waals surface area contributed by atoms with Crippen LogP contribution in [0.4, 0.5) is 10.2 Å². The highest BCUT2D eigenvalue weighted by Crippen LogP contribution is 2.33. The van der Waals surface area contributed by atoms with Crippen molar-refractivity contribution in [2.75, 3.05) is 18.1 Å². The van der Waals surface area contributed by atoms with Crippen molar-refractivity contribution in [1.29, 1.82) is 0 Å². The quantitative estimate of drug-likeness (QED) is 0.418. The van der Waals surface area contributed by atoms with Crippen molar-refractivity contribution < 1.29 is 19.0 Å². The van der Waals surface area contributed by atoms with Crippen LogP contribution in [-0.4, -0.2) is 49.1 Å². The molecule has 0 aromatic carbocycles. The van der Waals surface area contributed by atoms with Crippen molar-refractivity contribution in [1.82, 2.24) is 24.9 Å². The van der Waals surface area contributed by atoms with Crippen molar-refractivity contribution in [3.05, 3.63) is 54.0 Å². The summed E-state index contributed by atoms with van der Waals surface area (Å²) < 4.78 is 19.8. The molecule has 0 fully saturated rings. The Labute approximate surface area is 184 Å². The summed E-state index contributed by atoms with van der Waals surface area (Å²) in [6, 6.07) is 4.57. The molecule has 0 amide bonds. The number of carbonyl (C=O) groups is 1. The van der Waals surface area contributed by atoms with E-state index < -0.39 is 11.9 Å². The molecule has 10 heteroatoms. The van der Waals surface area contributed by atoms with Crippen LogP contribution in [0, 0.1) is 5.95 Å². The van der Waals surface area contributed by atoms with Gasteiger partial charge in [0.05, 0.1) is 18.3 Å². The molecule has 0 bridgehead atoms. The number of anilines is 1. The van der Waals surface area contributed by atoms with E-state index in [2.05, 4.69) is 24.9 Å². The van der Waals surface area contributed by atoms with E-state index in [0.717, 1.165) is 11.3 Å². The van der Waals surface area contributed by atoms with Gasteiger partial charge in [-0.25, -0.2) is 24.9 Å². The van der Waals surface area contributed by atoms with Crippen LogP contribution >= 0.6 is 0 Å². The van der Waals surface area contributed by atoms with E-state index in [1.54, 1.807) is 30.7 Å². The van der Waals surface area contributed by atoms with E-state index in [-0.39, 0.29) is 12.5 Å². The van der Waals surface area contributed by atoms with E-state index >= 15 is 0 Å². The number of aromatic nitrogens is 5. The van der Waals surface area contributed by atoms with E-state index in [1.165, 1.54) is 6.07 Å². The molecule has 3 aromatic heterocycles. The number of fused-ring (bicyclic) bond motifs is 1. The van der Waals surface area contributed by atoms with Crippen molar-refractivity contribution in [3.8, 4) is 17.4 Å². The van der Waals surface area contributed by atoms with Crippen molar-refractivity contribution >= 4 is 11.8 Å². The molecule has 0 aliphatic carbocycles. The molecular formula is C22H23FN6O3. The van der Waals surface area contributed by atoms with Crippen LogP contribution in [0.2, 0.25) is 0 Å². The number of unbranched alkanes of at least 4 members (excludes halogenated alkanes) is 1. The maximum absolute atomic E-state index is 14.2. The van der Waals surface area contributed by atoms with Gasteiger partial charge >= 0.3 is 5.97 Å². The zero-order valence-corrected chi connectivity index (χ0v) is 17.6. The van der Waals surface area contributed by atoms with E-state index in [9.17, 15) is 9.18 Å². The summed E-state index contributed by atoms with van der Waals surface area (Å²) >= 11 is 0. The number of hydrogen-bond donors (Lipinski definition) is 1. The van der Waals surface area contributed by atoms with E-state index in [0.29, 0.717) is 55.6 Å². The van der Waals surface area contributed by atoms with Gasteiger partial charge in [0.25, 0.3) is 0 Å². The lowest BCUT2D eigenvalue weighted by molar-refractivity contribution is -0.137. The Morgan fingerprint density at radius 3 is 2.78 bits per heavy atom. The number of nitrogens with zero attached hydrogens (tertiary/aromatic N) is 6. The molecule has 1 unspecified atom stereocenters. The van der Waals surface area contributed by atoms with Crippen molar-refractivity contribution in [2.45, 2.75) is 38.6 Å². The Kier molecular flexibility index (Phi) is 6.48. The lowest BCUT2D eigenvalue weighted by atomic mass is 9.99. The van der Waals surface area contributed by atoms with Gasteiger partial charge in [-0.05, 0) is 25.8 Å². The third-order valence-electron chi connectivity index (χ3n) is 5.27. The number of ether oxygens (including phenoxy) is 1. The average molecular weight is 438 g/mol. The van der Waals surface area contributed by atoms with Gasteiger partial charge in [0.15, 0.2) is 11.6 Å². The number of rotatable bonds is 8. The van der Waals surface area contributed by atoms with Gasteiger partial charge in [0, 0.05) is 55.7 Å². The average Bonchev–Trinajstić information content (AvgIpc) is 2.79. The van der Waals surface area contributed by atoms with Crippen LogP contribution in [0.3, 0.4) is 0 Å². The predicted molar refractivity (Wildman–Crippen MR) is 114 cm³/mol. The SMILES string of the molecule is CC1c2cnc(-c3ncccn3)nc2CCN1c1cc(OCCCCC(=O)O)cc(F)n1. The minimum Gasteiger partial charge on any atom is -0.493 e. The van der Waals surface area contributed by atoms with Gasteiger partial charge in [0.1, 0.15) is 11.6 Å². The molecule has 9 nitrogen and oxygen atoms in total. The van der Waals surface area contributed by atoms with Gasteiger partial charge in [0.2, 0.25) is 5.95 Å². The topological polar surface area (TPSA) is 114 Å². The summed E-state index contributed by atoms with van der Waals surface area (Å²) in [5, 5.41) is 8.70. The minimum atomic E-state index is -0.839. The molecule has 3 aromatic rings. The van der Waals surface area contributed by atoms with Crippen LogP contribution in [0.15, 0.2) is 36.8 Å². The fourth-order valence-electron chi connectivity index (χ4n) is 3.66. The van der Waals surface area contributed by atoms with Crippen LogP contribution < -0.4 is 9.64 Å². The fourth-order valence-corrected chi connectivity index (χ4v) is 3.66. The van der Waals surface area contributed by atoms with Gasteiger partial charge in [-0.15, -0.1) is 0 Å². The zero-order valence-electron chi connectivity index (χ0n) is 17.6. The first-order chi connectivity index (χ1) is 15.5. The number of pyridine rings is 1. The first kappa shape index (κ1) is 21.5. The molecule has 32 heavy (non-hydrogen) atoms. The Bertz CT molecular complexity index is 1100. The first-order valence-electron chi connectivity index (χ1n) is 10.4. The maximum Gasteiger partial charge on any atom is 0.303 e. The van der Waals surface area contributed by atoms with E-state index in [1.807, 2.05) is 11.8 Å². The van der Waals surface area contributed by atoms with Gasteiger partial charge < -0.3 is 14.7 Å². The second-order valence-electron chi connectivity index (χ2n) is 7.47. The van der Waals surface area contributed by atoms with Gasteiger partial charge in [-0.2, -0.15) is 4.39 Å².